The fourth-order valence-electron chi connectivity index (χ4n) is 10.5. The highest BCUT2D eigenvalue weighted by molar-refractivity contribution is 6.15. The van der Waals surface area contributed by atoms with Crippen molar-refractivity contribution in [3.05, 3.63) is 224 Å². The molecule has 0 aliphatic heterocycles. The second-order valence-corrected chi connectivity index (χ2v) is 17.0. The molecule has 14 aromatic rings. The molecular weight excluding hydrogens is 791 g/mol. The molecule has 0 aliphatic rings. The van der Waals surface area contributed by atoms with Crippen molar-refractivity contribution in [3.8, 4) is 39.7 Å². The van der Waals surface area contributed by atoms with Gasteiger partial charge in [-0.3, -0.25) is 0 Å². The van der Waals surface area contributed by atoms with Crippen molar-refractivity contribution in [1.29, 1.82) is 0 Å². The van der Waals surface area contributed by atoms with E-state index < -0.39 is 0 Å². The van der Waals surface area contributed by atoms with Gasteiger partial charge >= 0.3 is 0 Å². The molecule has 4 heterocycles. The molecule has 0 N–H and O–H groups in total. The molecule has 0 saturated heterocycles. The molecule has 0 amide bonds. The Hall–Kier alpha value is -8.80. The lowest BCUT2D eigenvalue weighted by atomic mass is 10.0. The topological polar surface area (TPSA) is 40.6 Å². The van der Waals surface area contributed by atoms with Gasteiger partial charge < -0.3 is 13.7 Å². The maximum absolute atomic E-state index is 5.38. The molecule has 0 aliphatic carbocycles. The summed E-state index contributed by atoms with van der Waals surface area (Å²) >= 11 is 0. The van der Waals surface area contributed by atoms with Crippen molar-refractivity contribution in [2.75, 3.05) is 0 Å². The maximum atomic E-state index is 5.38. The Kier molecular flexibility index (Phi) is 7.62. The second-order valence-electron chi connectivity index (χ2n) is 17.0. The summed E-state index contributed by atoms with van der Waals surface area (Å²) in [6.07, 6.45) is 0. The van der Waals surface area contributed by atoms with Gasteiger partial charge in [-0.1, -0.05) is 127 Å². The Labute approximate surface area is 373 Å². The number of hydrogen-bond donors (Lipinski definition) is 0. The Bertz CT molecular complexity index is 4180. The molecule has 0 bridgehead atoms. The van der Waals surface area contributed by atoms with Crippen molar-refractivity contribution >= 4 is 87.1 Å². The maximum Gasteiger partial charge on any atom is 0.160 e. The summed E-state index contributed by atoms with van der Waals surface area (Å²) in [5, 5.41) is 10.8. The van der Waals surface area contributed by atoms with Gasteiger partial charge in [0.25, 0.3) is 0 Å². The van der Waals surface area contributed by atoms with Gasteiger partial charge in [0.2, 0.25) is 0 Å². The zero-order valence-electron chi connectivity index (χ0n) is 35.1. The van der Waals surface area contributed by atoms with Crippen LogP contribution in [-0.4, -0.2) is 23.7 Å². The van der Waals surface area contributed by atoms with Gasteiger partial charge in [0, 0.05) is 65.9 Å². The summed E-state index contributed by atoms with van der Waals surface area (Å²) in [4.78, 5) is 10.6. The van der Waals surface area contributed by atoms with E-state index in [1.807, 2.05) is 0 Å². The van der Waals surface area contributed by atoms with Crippen molar-refractivity contribution in [2.45, 2.75) is 0 Å². The van der Waals surface area contributed by atoms with Gasteiger partial charge in [0.15, 0.2) is 5.82 Å². The van der Waals surface area contributed by atoms with Crippen molar-refractivity contribution < 1.29 is 0 Å². The summed E-state index contributed by atoms with van der Waals surface area (Å²) in [5.41, 5.74) is 14.2. The molecule has 65 heavy (non-hydrogen) atoms. The fraction of sp³-hybridized carbons (Fsp3) is 0. The van der Waals surface area contributed by atoms with E-state index in [-0.39, 0.29) is 0 Å². The highest BCUT2D eigenvalue weighted by Crippen LogP contribution is 2.40. The first-order valence-electron chi connectivity index (χ1n) is 22.2. The summed E-state index contributed by atoms with van der Waals surface area (Å²) in [5.74, 6) is 0.693. The Morgan fingerprint density at radius 1 is 0.262 bits per heavy atom. The van der Waals surface area contributed by atoms with Crippen molar-refractivity contribution in [1.82, 2.24) is 23.7 Å². The van der Waals surface area contributed by atoms with E-state index in [2.05, 4.69) is 238 Å². The number of fused-ring (bicyclic) bond motifs is 11. The largest absolute Gasteiger partial charge is 0.309 e. The average Bonchev–Trinajstić information content (AvgIpc) is 4.00. The molecule has 302 valence electrons. The number of aromatic nitrogens is 5. The number of para-hydroxylation sites is 5. The first kappa shape index (κ1) is 35.8. The van der Waals surface area contributed by atoms with E-state index in [0.717, 1.165) is 55.8 Å². The predicted molar refractivity (Wildman–Crippen MR) is 271 cm³/mol. The van der Waals surface area contributed by atoms with E-state index in [4.69, 9.17) is 9.97 Å². The standard InChI is InChI=1S/C60H37N5/c1-2-16-42(17-3-1)63-55-25-13-9-20-47(55)50-35-41(28-33-56(50)63)59-49-21-6-10-22-52(49)61-60(62-59)38-26-29-43(30-27-38)64-57-36-40-15-5-4-14-39(40)34-51(57)48-32-31-44(37-58(48)64)65-53-23-11-7-18-45(53)46-19-8-12-24-54(46)65/h1-37H. The van der Waals surface area contributed by atoms with Crippen LogP contribution in [0.15, 0.2) is 224 Å². The monoisotopic (exact) mass is 827 g/mol. The highest BCUT2D eigenvalue weighted by Gasteiger charge is 2.19. The molecule has 0 fully saturated rings. The zero-order chi connectivity index (χ0) is 42.6. The molecule has 5 heteroatoms. The molecule has 0 radical (unpaired) electrons. The van der Waals surface area contributed by atoms with E-state index in [0.29, 0.717) is 5.82 Å². The van der Waals surface area contributed by atoms with Crippen LogP contribution in [0.3, 0.4) is 0 Å². The van der Waals surface area contributed by atoms with E-state index in [9.17, 15) is 0 Å². The Balaban J connectivity index is 0.935. The number of rotatable bonds is 5. The smallest absolute Gasteiger partial charge is 0.160 e. The van der Waals surface area contributed by atoms with Crippen LogP contribution in [0, 0.1) is 0 Å². The minimum atomic E-state index is 0.693. The van der Waals surface area contributed by atoms with E-state index >= 15 is 0 Å². The minimum absolute atomic E-state index is 0.693. The molecule has 5 nitrogen and oxygen atoms in total. The summed E-state index contributed by atoms with van der Waals surface area (Å²) < 4.78 is 7.18. The minimum Gasteiger partial charge on any atom is -0.309 e. The van der Waals surface area contributed by atoms with Gasteiger partial charge in [-0.05, 0) is 108 Å². The van der Waals surface area contributed by atoms with Gasteiger partial charge in [-0.15, -0.1) is 0 Å². The highest BCUT2D eigenvalue weighted by atomic mass is 15.0. The van der Waals surface area contributed by atoms with Crippen LogP contribution in [-0.2, 0) is 0 Å². The zero-order valence-corrected chi connectivity index (χ0v) is 35.1. The van der Waals surface area contributed by atoms with E-state index in [1.165, 1.54) is 65.2 Å². The van der Waals surface area contributed by atoms with Crippen LogP contribution < -0.4 is 0 Å². The average molecular weight is 828 g/mol. The van der Waals surface area contributed by atoms with Crippen LogP contribution in [0.4, 0.5) is 0 Å². The van der Waals surface area contributed by atoms with Crippen molar-refractivity contribution in [2.24, 2.45) is 0 Å². The Morgan fingerprint density at radius 3 is 1.46 bits per heavy atom. The van der Waals surface area contributed by atoms with Gasteiger partial charge in [-0.2, -0.15) is 0 Å². The lowest BCUT2D eigenvalue weighted by Crippen LogP contribution is -1.98. The normalized spacial score (nSPS) is 12.0. The SMILES string of the molecule is c1ccc(-n2c3ccccc3c3cc(-c4nc(-c5ccc(-n6c7cc(-n8c9ccccc9c9ccccc98)ccc7c7cc8ccccc8cc76)cc5)nc5ccccc45)ccc32)cc1. The third kappa shape index (κ3) is 5.39. The van der Waals surface area contributed by atoms with Crippen molar-refractivity contribution in [3.63, 3.8) is 0 Å². The molecule has 0 unspecified atom stereocenters. The number of benzene rings is 10. The number of nitrogens with zero attached hydrogens (tertiary/aromatic N) is 5. The first-order chi connectivity index (χ1) is 32.2. The predicted octanol–water partition coefficient (Wildman–Crippen LogP) is 15.4. The third-order valence-corrected chi connectivity index (χ3v) is 13.4. The second kappa shape index (κ2) is 13.9. The third-order valence-electron chi connectivity index (χ3n) is 13.4. The molecule has 0 saturated carbocycles. The van der Waals surface area contributed by atoms with Crippen LogP contribution in [0.25, 0.3) is 127 Å². The molecule has 4 aromatic heterocycles. The lowest BCUT2D eigenvalue weighted by molar-refractivity contribution is 1.15. The Morgan fingerprint density at radius 2 is 0.738 bits per heavy atom. The van der Waals surface area contributed by atoms with Crippen LogP contribution in [0.5, 0.6) is 0 Å². The van der Waals surface area contributed by atoms with Crippen LogP contribution >= 0.6 is 0 Å². The quantitative estimate of drug-likeness (QED) is 0.173. The fourth-order valence-corrected chi connectivity index (χ4v) is 10.5. The molecule has 0 spiro atoms. The number of hydrogen-bond acceptors (Lipinski definition) is 2. The summed E-state index contributed by atoms with van der Waals surface area (Å²) in [6, 6.07) is 80.9. The summed E-state index contributed by atoms with van der Waals surface area (Å²) in [6.45, 7) is 0. The molecule has 0 atom stereocenters. The van der Waals surface area contributed by atoms with Gasteiger partial charge in [0.05, 0.1) is 44.3 Å². The molecular formula is C60H37N5. The van der Waals surface area contributed by atoms with Gasteiger partial charge in [-0.25, -0.2) is 9.97 Å². The molecule has 10 aromatic carbocycles. The van der Waals surface area contributed by atoms with Crippen LogP contribution in [0.1, 0.15) is 0 Å². The first-order valence-corrected chi connectivity index (χ1v) is 22.2. The molecule has 14 rings (SSSR count). The lowest BCUT2D eigenvalue weighted by Gasteiger charge is -2.13. The van der Waals surface area contributed by atoms with Crippen LogP contribution in [0.2, 0.25) is 0 Å². The summed E-state index contributed by atoms with van der Waals surface area (Å²) in [7, 11) is 0. The van der Waals surface area contributed by atoms with E-state index in [1.54, 1.807) is 0 Å². The van der Waals surface area contributed by atoms with Gasteiger partial charge in [0.1, 0.15) is 0 Å².